The van der Waals surface area contributed by atoms with Gasteiger partial charge >= 0.3 is 5.97 Å². The summed E-state index contributed by atoms with van der Waals surface area (Å²) in [7, 11) is 0. The SMILES string of the molecule is O.O=C(O)c1cc2cc(O)c(O)cc2c(C(=O)c2ccc(O)c(O)c2)n1. The molecule has 9 heteroatoms. The zero-order valence-corrected chi connectivity index (χ0v) is 13.0. The third kappa shape index (κ3) is 3.06. The maximum absolute atomic E-state index is 12.7. The Hall–Kier alpha value is -3.85. The fourth-order valence-electron chi connectivity index (χ4n) is 2.36. The van der Waals surface area contributed by atoms with Crippen LogP contribution >= 0.6 is 0 Å². The molecular formula is C17H13NO8. The zero-order valence-electron chi connectivity index (χ0n) is 13.0. The van der Waals surface area contributed by atoms with Crippen molar-refractivity contribution >= 4 is 22.5 Å². The Kier molecular flexibility index (Phi) is 4.67. The van der Waals surface area contributed by atoms with Crippen LogP contribution in [0.5, 0.6) is 23.0 Å². The molecule has 0 bridgehead atoms. The first-order valence-electron chi connectivity index (χ1n) is 6.94. The van der Waals surface area contributed by atoms with Crippen molar-refractivity contribution in [3.63, 3.8) is 0 Å². The van der Waals surface area contributed by atoms with E-state index < -0.39 is 40.4 Å². The smallest absolute Gasteiger partial charge is 0.354 e. The molecule has 1 aromatic heterocycles. The molecule has 0 amide bonds. The quantitative estimate of drug-likeness (QED) is 0.341. The number of hydrogen-bond acceptors (Lipinski definition) is 7. The number of benzene rings is 2. The van der Waals surface area contributed by atoms with Crippen LogP contribution in [-0.4, -0.2) is 47.7 Å². The normalized spacial score (nSPS) is 10.3. The molecule has 0 saturated heterocycles. The number of carboxylic acid groups (broad SMARTS) is 1. The lowest BCUT2D eigenvalue weighted by molar-refractivity contribution is 0.0690. The van der Waals surface area contributed by atoms with Crippen molar-refractivity contribution in [2.45, 2.75) is 0 Å². The van der Waals surface area contributed by atoms with E-state index in [1.165, 1.54) is 6.07 Å². The van der Waals surface area contributed by atoms with E-state index in [2.05, 4.69) is 4.98 Å². The van der Waals surface area contributed by atoms with E-state index in [4.69, 9.17) is 5.11 Å². The molecule has 1 heterocycles. The summed E-state index contributed by atoms with van der Waals surface area (Å²) in [5, 5.41) is 47.6. The second-order valence-corrected chi connectivity index (χ2v) is 5.26. The molecular weight excluding hydrogens is 346 g/mol. The Balaban J connectivity index is 0.00000243. The van der Waals surface area contributed by atoms with Crippen LogP contribution in [0.3, 0.4) is 0 Å². The van der Waals surface area contributed by atoms with Gasteiger partial charge in [-0.25, -0.2) is 9.78 Å². The first-order valence-corrected chi connectivity index (χ1v) is 6.94. The zero-order chi connectivity index (χ0) is 18.3. The maximum Gasteiger partial charge on any atom is 0.354 e. The third-order valence-electron chi connectivity index (χ3n) is 3.60. The van der Waals surface area contributed by atoms with Crippen LogP contribution in [0.25, 0.3) is 10.8 Å². The lowest BCUT2D eigenvalue weighted by Gasteiger charge is -2.09. The van der Waals surface area contributed by atoms with E-state index >= 15 is 0 Å². The Morgan fingerprint density at radius 3 is 2.04 bits per heavy atom. The van der Waals surface area contributed by atoms with Crippen molar-refractivity contribution in [1.29, 1.82) is 0 Å². The van der Waals surface area contributed by atoms with E-state index in [-0.39, 0.29) is 27.5 Å². The molecule has 0 aliphatic heterocycles. The largest absolute Gasteiger partial charge is 0.504 e. The standard InChI is InChI=1S/C17H11NO7.H2O/c19-11-2-1-7(4-12(11)20)16(23)15-9-6-14(22)13(21)5-8(9)3-10(18-15)17(24)25;/h1-6,19-22H,(H,24,25);1H2. The van der Waals surface area contributed by atoms with Crippen LogP contribution in [0.2, 0.25) is 0 Å². The van der Waals surface area contributed by atoms with Gasteiger partial charge in [-0.2, -0.15) is 0 Å². The van der Waals surface area contributed by atoms with Gasteiger partial charge in [0.05, 0.1) is 0 Å². The molecule has 0 unspecified atom stereocenters. The van der Waals surface area contributed by atoms with Gasteiger partial charge in [-0.15, -0.1) is 0 Å². The lowest BCUT2D eigenvalue weighted by atomic mass is 10.0. The van der Waals surface area contributed by atoms with Gasteiger partial charge in [-0.1, -0.05) is 0 Å². The molecule has 3 rings (SSSR count). The molecule has 2 aromatic carbocycles. The van der Waals surface area contributed by atoms with Crippen LogP contribution in [-0.2, 0) is 0 Å². The average molecular weight is 359 g/mol. The number of pyridine rings is 1. The van der Waals surface area contributed by atoms with Gasteiger partial charge < -0.3 is 31.0 Å². The molecule has 3 aromatic rings. The number of rotatable bonds is 3. The summed E-state index contributed by atoms with van der Waals surface area (Å²) in [5.74, 6) is -4.03. The van der Waals surface area contributed by atoms with Crippen LogP contribution in [0.1, 0.15) is 26.5 Å². The molecule has 0 saturated carbocycles. The second kappa shape index (κ2) is 6.57. The highest BCUT2D eigenvalue weighted by Gasteiger charge is 2.20. The molecule has 134 valence electrons. The van der Waals surface area contributed by atoms with Crippen molar-refractivity contribution in [3.8, 4) is 23.0 Å². The van der Waals surface area contributed by atoms with Gasteiger partial charge in [0.15, 0.2) is 23.0 Å². The van der Waals surface area contributed by atoms with Gasteiger partial charge in [-0.05, 0) is 41.8 Å². The van der Waals surface area contributed by atoms with Gasteiger partial charge in [0.2, 0.25) is 5.78 Å². The number of fused-ring (bicyclic) bond motifs is 1. The summed E-state index contributed by atoms with van der Waals surface area (Å²) in [6.45, 7) is 0. The van der Waals surface area contributed by atoms with Crippen molar-refractivity contribution < 1.29 is 40.6 Å². The number of aromatic nitrogens is 1. The van der Waals surface area contributed by atoms with Crippen LogP contribution in [0, 0.1) is 0 Å². The number of ketones is 1. The molecule has 0 radical (unpaired) electrons. The summed E-state index contributed by atoms with van der Waals surface area (Å²) in [6.07, 6.45) is 0. The van der Waals surface area contributed by atoms with Crippen LogP contribution in [0.4, 0.5) is 0 Å². The lowest BCUT2D eigenvalue weighted by Crippen LogP contribution is -2.10. The van der Waals surface area contributed by atoms with Crippen LogP contribution < -0.4 is 0 Å². The molecule has 0 fully saturated rings. The topological polar surface area (TPSA) is 180 Å². The summed E-state index contributed by atoms with van der Waals surface area (Å²) >= 11 is 0. The Labute approximate surface area is 145 Å². The molecule has 26 heavy (non-hydrogen) atoms. The summed E-state index contributed by atoms with van der Waals surface area (Å²) in [6, 6.07) is 6.72. The summed E-state index contributed by atoms with van der Waals surface area (Å²) < 4.78 is 0. The number of aromatic carboxylic acids is 1. The summed E-state index contributed by atoms with van der Waals surface area (Å²) in [5.41, 5.74) is -0.751. The Morgan fingerprint density at radius 2 is 1.42 bits per heavy atom. The highest BCUT2D eigenvalue weighted by Crippen LogP contribution is 2.33. The minimum Gasteiger partial charge on any atom is -0.504 e. The van der Waals surface area contributed by atoms with Gasteiger partial charge in [0.25, 0.3) is 0 Å². The van der Waals surface area contributed by atoms with Gasteiger partial charge in [0.1, 0.15) is 11.4 Å². The fraction of sp³-hybridized carbons (Fsp3) is 0. The van der Waals surface area contributed by atoms with Crippen LogP contribution in [0.15, 0.2) is 36.4 Å². The number of aromatic hydroxyl groups is 4. The molecule has 9 nitrogen and oxygen atoms in total. The molecule has 0 spiro atoms. The first kappa shape index (κ1) is 18.5. The average Bonchev–Trinajstić information content (AvgIpc) is 2.57. The number of phenolic OH excluding ortho intramolecular Hbond substituents is 4. The minimum atomic E-state index is -1.38. The first-order chi connectivity index (χ1) is 11.8. The highest BCUT2D eigenvalue weighted by atomic mass is 16.4. The summed E-state index contributed by atoms with van der Waals surface area (Å²) in [4.78, 5) is 27.8. The van der Waals surface area contributed by atoms with E-state index in [0.717, 1.165) is 30.3 Å². The van der Waals surface area contributed by atoms with Gasteiger partial charge in [0, 0.05) is 10.9 Å². The highest BCUT2D eigenvalue weighted by molar-refractivity contribution is 6.16. The van der Waals surface area contributed by atoms with E-state index in [1.54, 1.807) is 0 Å². The number of carboxylic acids is 1. The van der Waals surface area contributed by atoms with Crippen molar-refractivity contribution in [2.24, 2.45) is 0 Å². The fourth-order valence-corrected chi connectivity index (χ4v) is 2.36. The Bertz CT molecular complexity index is 1040. The number of hydrogen-bond donors (Lipinski definition) is 5. The predicted molar refractivity (Wildman–Crippen MR) is 88.8 cm³/mol. The van der Waals surface area contributed by atoms with Crippen molar-refractivity contribution in [1.82, 2.24) is 4.98 Å². The van der Waals surface area contributed by atoms with E-state index in [9.17, 15) is 30.0 Å². The van der Waals surface area contributed by atoms with Crippen molar-refractivity contribution in [3.05, 3.63) is 53.3 Å². The monoisotopic (exact) mass is 359 g/mol. The Morgan fingerprint density at radius 1 is 0.808 bits per heavy atom. The van der Waals surface area contributed by atoms with Gasteiger partial charge in [-0.3, -0.25) is 4.79 Å². The molecule has 7 N–H and O–H groups in total. The number of carbonyl (C=O) groups is 2. The third-order valence-corrected chi connectivity index (χ3v) is 3.60. The molecule has 0 aliphatic carbocycles. The number of carbonyl (C=O) groups excluding carboxylic acids is 1. The van der Waals surface area contributed by atoms with E-state index in [1.807, 2.05) is 0 Å². The van der Waals surface area contributed by atoms with E-state index in [0.29, 0.717) is 0 Å². The van der Waals surface area contributed by atoms with Crippen molar-refractivity contribution in [2.75, 3.05) is 0 Å². The second-order valence-electron chi connectivity index (χ2n) is 5.26. The predicted octanol–water partition coefficient (Wildman–Crippen LogP) is 1.16. The maximum atomic E-state index is 12.7. The number of phenols is 4. The number of nitrogens with zero attached hydrogens (tertiary/aromatic N) is 1. The molecule has 0 aliphatic rings. The minimum absolute atomic E-state index is 0. The molecule has 0 atom stereocenters.